The summed E-state index contributed by atoms with van der Waals surface area (Å²) in [7, 11) is -1.98. The van der Waals surface area contributed by atoms with Gasteiger partial charge in [-0.1, -0.05) is 35.9 Å². The molecular formula is C18H23Cl2N3O2S. The normalized spacial score (nSPS) is 24.6. The fourth-order valence-electron chi connectivity index (χ4n) is 4.08. The molecule has 26 heavy (non-hydrogen) atoms. The number of fused-ring (bicyclic) bond motifs is 1. The number of alkyl halides is 1. The summed E-state index contributed by atoms with van der Waals surface area (Å²) in [6.07, 6.45) is 3.91. The summed E-state index contributed by atoms with van der Waals surface area (Å²) in [6, 6.07) is 9.70. The zero-order chi connectivity index (χ0) is 17.7. The van der Waals surface area contributed by atoms with Crippen LogP contribution >= 0.6 is 24.0 Å². The monoisotopic (exact) mass is 415 g/mol. The molecule has 1 spiro atoms. The molecule has 1 saturated carbocycles. The molecule has 2 aromatic rings. The largest absolute Gasteiger partial charge is 0.317 e. The standard InChI is InChI=1S/C18H22ClN3O2S.ClH/c1-22(12-15-5-2-4-14-6-3-9-21-16(14)15)25(23,24)18(19)13-17(18)7-10-20-11-8-17;/h2-6,9,20H,7-8,10-13H2,1H3;1H. The van der Waals surface area contributed by atoms with Gasteiger partial charge in [-0.15, -0.1) is 12.4 Å². The summed E-state index contributed by atoms with van der Waals surface area (Å²) in [5, 5.41) is 4.29. The Morgan fingerprint density at radius 3 is 2.65 bits per heavy atom. The van der Waals surface area contributed by atoms with Crippen LogP contribution in [0.15, 0.2) is 36.5 Å². The number of pyridine rings is 1. The predicted octanol–water partition coefficient (Wildman–Crippen LogP) is 3.13. The molecule has 1 aromatic carbocycles. The van der Waals surface area contributed by atoms with E-state index in [-0.39, 0.29) is 24.4 Å². The van der Waals surface area contributed by atoms with Gasteiger partial charge in [0.15, 0.2) is 4.21 Å². The summed E-state index contributed by atoms with van der Waals surface area (Å²) in [5.41, 5.74) is 1.46. The highest BCUT2D eigenvalue weighted by molar-refractivity contribution is 7.92. The average Bonchev–Trinajstić information content (AvgIpc) is 3.20. The van der Waals surface area contributed by atoms with Crippen molar-refractivity contribution in [1.82, 2.24) is 14.6 Å². The number of nitrogens with one attached hydrogen (secondary N) is 1. The van der Waals surface area contributed by atoms with Crippen molar-refractivity contribution in [3.05, 3.63) is 42.1 Å². The Morgan fingerprint density at radius 1 is 1.23 bits per heavy atom. The lowest BCUT2D eigenvalue weighted by atomic mass is 9.95. The van der Waals surface area contributed by atoms with Crippen molar-refractivity contribution in [3.8, 4) is 0 Å². The minimum atomic E-state index is -3.60. The minimum absolute atomic E-state index is 0. The molecular weight excluding hydrogens is 393 g/mol. The third-order valence-corrected chi connectivity index (χ3v) is 9.19. The number of nitrogens with zero attached hydrogens (tertiary/aromatic N) is 2. The second kappa shape index (κ2) is 6.91. The van der Waals surface area contributed by atoms with Gasteiger partial charge in [-0.25, -0.2) is 8.42 Å². The zero-order valence-corrected chi connectivity index (χ0v) is 17.0. The number of aromatic nitrogens is 1. The molecule has 5 nitrogen and oxygen atoms in total. The van der Waals surface area contributed by atoms with Crippen molar-refractivity contribution in [1.29, 1.82) is 0 Å². The topological polar surface area (TPSA) is 62.3 Å². The molecule has 1 unspecified atom stereocenters. The van der Waals surface area contributed by atoms with Crippen molar-refractivity contribution < 1.29 is 8.42 Å². The first-order chi connectivity index (χ1) is 11.9. The molecule has 1 aromatic heterocycles. The maximum atomic E-state index is 13.2. The molecule has 8 heteroatoms. The lowest BCUT2D eigenvalue weighted by molar-refractivity contribution is 0.342. The van der Waals surface area contributed by atoms with E-state index in [2.05, 4.69) is 10.3 Å². The molecule has 0 bridgehead atoms. The van der Waals surface area contributed by atoms with Crippen LogP contribution in [0.4, 0.5) is 0 Å². The number of halogens is 2. The predicted molar refractivity (Wildman–Crippen MR) is 107 cm³/mol. The van der Waals surface area contributed by atoms with E-state index in [1.807, 2.05) is 30.3 Å². The van der Waals surface area contributed by atoms with E-state index in [1.54, 1.807) is 13.2 Å². The van der Waals surface area contributed by atoms with Crippen LogP contribution < -0.4 is 5.32 Å². The van der Waals surface area contributed by atoms with E-state index >= 15 is 0 Å². The molecule has 2 heterocycles. The summed E-state index contributed by atoms with van der Waals surface area (Å²) >= 11 is 6.68. The van der Waals surface area contributed by atoms with Crippen molar-refractivity contribution in [2.45, 2.75) is 30.0 Å². The highest BCUT2D eigenvalue weighted by Crippen LogP contribution is 2.69. The Kier molecular flexibility index (Phi) is 5.27. The third kappa shape index (κ3) is 2.92. The highest BCUT2D eigenvalue weighted by Gasteiger charge is 2.74. The summed E-state index contributed by atoms with van der Waals surface area (Å²) < 4.78 is 26.6. The first-order valence-electron chi connectivity index (χ1n) is 8.58. The minimum Gasteiger partial charge on any atom is -0.317 e. The molecule has 0 amide bonds. The molecule has 142 valence electrons. The smallest absolute Gasteiger partial charge is 0.234 e. The van der Waals surface area contributed by atoms with E-state index in [4.69, 9.17) is 11.6 Å². The van der Waals surface area contributed by atoms with Crippen LogP contribution in [0.3, 0.4) is 0 Å². The Balaban J connectivity index is 0.00000196. The van der Waals surface area contributed by atoms with Crippen LogP contribution in [0.1, 0.15) is 24.8 Å². The number of para-hydroxylation sites is 1. The van der Waals surface area contributed by atoms with Crippen LogP contribution in [-0.4, -0.2) is 42.1 Å². The van der Waals surface area contributed by atoms with Gasteiger partial charge in [0.1, 0.15) is 0 Å². The first-order valence-corrected chi connectivity index (χ1v) is 10.4. The number of rotatable bonds is 4. The van der Waals surface area contributed by atoms with Crippen LogP contribution in [-0.2, 0) is 16.6 Å². The number of sulfonamides is 1. The molecule has 0 radical (unpaired) electrons. The third-order valence-electron chi connectivity index (χ3n) is 5.72. The van der Waals surface area contributed by atoms with Gasteiger partial charge >= 0.3 is 0 Å². The van der Waals surface area contributed by atoms with E-state index in [9.17, 15) is 8.42 Å². The zero-order valence-electron chi connectivity index (χ0n) is 14.6. The van der Waals surface area contributed by atoms with Crippen LogP contribution in [0.5, 0.6) is 0 Å². The van der Waals surface area contributed by atoms with Crippen molar-refractivity contribution in [2.24, 2.45) is 5.41 Å². The van der Waals surface area contributed by atoms with Crippen molar-refractivity contribution in [2.75, 3.05) is 20.1 Å². The Morgan fingerprint density at radius 2 is 1.92 bits per heavy atom. The number of piperidine rings is 1. The summed E-state index contributed by atoms with van der Waals surface area (Å²) in [5.74, 6) is 0. The van der Waals surface area contributed by atoms with Gasteiger partial charge in [0, 0.05) is 30.6 Å². The summed E-state index contributed by atoms with van der Waals surface area (Å²) in [4.78, 5) is 4.41. The fraction of sp³-hybridized carbons (Fsp3) is 0.500. The fourth-order valence-corrected chi connectivity index (χ4v) is 6.89. The van der Waals surface area contributed by atoms with Crippen LogP contribution in [0.25, 0.3) is 10.9 Å². The first kappa shape index (κ1) is 19.8. The van der Waals surface area contributed by atoms with Crippen molar-refractivity contribution in [3.63, 3.8) is 0 Å². The average molecular weight is 416 g/mol. The van der Waals surface area contributed by atoms with Gasteiger partial charge in [0.25, 0.3) is 0 Å². The van der Waals surface area contributed by atoms with Gasteiger partial charge < -0.3 is 5.32 Å². The Labute approximate surface area is 165 Å². The van der Waals surface area contributed by atoms with Crippen LogP contribution in [0, 0.1) is 5.41 Å². The van der Waals surface area contributed by atoms with E-state index in [0.29, 0.717) is 6.42 Å². The maximum Gasteiger partial charge on any atom is 0.234 e. The number of hydrogen-bond donors (Lipinski definition) is 1. The number of hydrogen-bond acceptors (Lipinski definition) is 4. The van der Waals surface area contributed by atoms with Gasteiger partial charge in [0.2, 0.25) is 10.0 Å². The quantitative estimate of drug-likeness (QED) is 0.778. The maximum absolute atomic E-state index is 13.2. The molecule has 1 aliphatic heterocycles. The SMILES string of the molecule is CN(Cc1cccc2cccnc12)S(=O)(=O)C1(Cl)CC12CCNCC2.Cl. The van der Waals surface area contributed by atoms with Gasteiger partial charge in [0.05, 0.1) is 5.52 Å². The molecule has 2 aliphatic rings. The van der Waals surface area contributed by atoms with Gasteiger partial charge in [-0.05, 0) is 44.0 Å². The van der Waals surface area contributed by atoms with E-state index in [0.717, 1.165) is 42.4 Å². The van der Waals surface area contributed by atoms with Gasteiger partial charge in [-0.2, -0.15) is 4.31 Å². The molecule has 1 saturated heterocycles. The second-order valence-electron chi connectivity index (χ2n) is 7.19. The lowest BCUT2D eigenvalue weighted by Gasteiger charge is -2.29. The molecule has 1 N–H and O–H groups in total. The number of benzene rings is 1. The molecule has 1 aliphatic carbocycles. The van der Waals surface area contributed by atoms with Crippen LogP contribution in [0.2, 0.25) is 0 Å². The van der Waals surface area contributed by atoms with E-state index < -0.39 is 14.2 Å². The second-order valence-corrected chi connectivity index (χ2v) is 10.3. The molecule has 2 fully saturated rings. The molecule has 1 atom stereocenters. The summed E-state index contributed by atoms with van der Waals surface area (Å²) in [6.45, 7) is 1.95. The van der Waals surface area contributed by atoms with Crippen molar-refractivity contribution >= 4 is 44.9 Å². The lowest BCUT2D eigenvalue weighted by Crippen LogP contribution is -2.41. The highest BCUT2D eigenvalue weighted by atomic mass is 35.5. The molecule has 4 rings (SSSR count). The Bertz CT molecular complexity index is 910. The van der Waals surface area contributed by atoms with E-state index in [1.165, 1.54) is 4.31 Å². The van der Waals surface area contributed by atoms with Gasteiger partial charge in [-0.3, -0.25) is 4.98 Å². The Hall–Kier alpha value is -0.920.